The number of carbonyl (C=O) groups excluding carboxylic acids is 2. The molecule has 0 bridgehead atoms. The van der Waals surface area contributed by atoms with Gasteiger partial charge >= 0.3 is 5.97 Å². The van der Waals surface area contributed by atoms with Crippen LogP contribution in [0.25, 0.3) is 0 Å². The maximum absolute atomic E-state index is 12.5. The van der Waals surface area contributed by atoms with Gasteiger partial charge in [0.2, 0.25) is 5.91 Å². The van der Waals surface area contributed by atoms with Crippen molar-refractivity contribution in [2.45, 2.75) is 443 Å². The first-order chi connectivity index (χ1) is 40.0. The summed E-state index contributed by atoms with van der Waals surface area (Å²) in [5, 5.41) is 23.3. The van der Waals surface area contributed by atoms with Gasteiger partial charge < -0.3 is 20.3 Å². The minimum absolute atomic E-state index is 0.0197. The number of hydrogen-bond donors (Lipinski definition) is 3. The van der Waals surface area contributed by atoms with Crippen molar-refractivity contribution in [3.05, 3.63) is 12.2 Å². The summed E-state index contributed by atoms with van der Waals surface area (Å²) >= 11 is 0. The highest BCUT2D eigenvalue weighted by atomic mass is 16.5. The number of unbranched alkanes of at least 4 members (excludes halogenated alkanes) is 60. The molecule has 0 aromatic heterocycles. The van der Waals surface area contributed by atoms with E-state index < -0.39 is 12.1 Å². The van der Waals surface area contributed by atoms with E-state index in [0.29, 0.717) is 19.4 Å². The largest absolute Gasteiger partial charge is 0.466 e. The average molecular weight is 1140 g/mol. The first-order valence-corrected chi connectivity index (χ1v) is 37.5. The number of ether oxygens (including phenoxy) is 1. The van der Waals surface area contributed by atoms with Crippen molar-refractivity contribution in [1.82, 2.24) is 5.32 Å². The predicted molar refractivity (Wildman–Crippen MR) is 357 cm³/mol. The first-order valence-electron chi connectivity index (χ1n) is 37.5. The SMILES string of the molecule is CCCCCCCCCCCCCCCCCCCCCCC/C=C/C(O)C(CO)NC(=O)CCCCCCCCCCCCCCCCCCCCCCCCCOC(=O)CCCCCCCCCCCCCCCCCCCC. The van der Waals surface area contributed by atoms with Crippen LogP contribution in [0.15, 0.2) is 12.2 Å². The fourth-order valence-corrected chi connectivity index (χ4v) is 12.1. The molecule has 3 N–H and O–H groups in total. The van der Waals surface area contributed by atoms with Crippen LogP contribution >= 0.6 is 0 Å². The van der Waals surface area contributed by atoms with Crippen molar-refractivity contribution in [2.24, 2.45) is 0 Å². The van der Waals surface area contributed by atoms with E-state index in [1.165, 1.54) is 366 Å². The molecule has 0 heterocycles. The molecule has 6 heteroatoms. The standard InChI is InChI=1S/C75H147NO5/c1-3-5-7-9-11-13-15-17-19-21-23-24-26-29-32-35-39-43-47-51-55-59-63-67-73(78)72(71-77)76-74(79)68-64-60-56-52-48-44-40-36-33-30-27-25-28-31-34-38-42-46-50-54-58-62-66-70-81-75(80)69-65-61-57-53-49-45-41-37-22-20-18-16-14-12-10-8-6-4-2/h63,67,72-73,77-78H,3-62,64-66,68-71H2,1-2H3,(H,76,79)/b67-63+. The summed E-state index contributed by atoms with van der Waals surface area (Å²) in [6, 6.07) is -0.628. The van der Waals surface area contributed by atoms with Crippen molar-refractivity contribution in [2.75, 3.05) is 13.2 Å². The lowest BCUT2D eigenvalue weighted by atomic mass is 10.0. The van der Waals surface area contributed by atoms with Gasteiger partial charge in [0.05, 0.1) is 25.4 Å². The zero-order chi connectivity index (χ0) is 58.5. The molecule has 0 saturated carbocycles. The second-order valence-electron chi connectivity index (χ2n) is 26.0. The zero-order valence-corrected chi connectivity index (χ0v) is 55.3. The second-order valence-corrected chi connectivity index (χ2v) is 26.0. The van der Waals surface area contributed by atoms with Crippen LogP contribution in [0.2, 0.25) is 0 Å². The number of nitrogens with one attached hydrogen (secondary N) is 1. The number of amides is 1. The molecule has 0 aliphatic heterocycles. The number of aliphatic hydroxyl groups is 2. The number of hydrogen-bond acceptors (Lipinski definition) is 5. The summed E-state index contributed by atoms with van der Waals surface area (Å²) in [5.41, 5.74) is 0. The summed E-state index contributed by atoms with van der Waals surface area (Å²) in [4.78, 5) is 24.7. The van der Waals surface area contributed by atoms with Crippen LogP contribution in [0.1, 0.15) is 431 Å². The minimum atomic E-state index is -0.845. The third-order valence-electron chi connectivity index (χ3n) is 17.8. The number of carbonyl (C=O) groups is 2. The van der Waals surface area contributed by atoms with Gasteiger partial charge in [-0.3, -0.25) is 9.59 Å². The first kappa shape index (κ1) is 79.6. The van der Waals surface area contributed by atoms with Gasteiger partial charge in [0.15, 0.2) is 0 Å². The molecule has 0 fully saturated rings. The highest BCUT2D eigenvalue weighted by molar-refractivity contribution is 5.76. The van der Waals surface area contributed by atoms with Crippen LogP contribution in [0.5, 0.6) is 0 Å². The van der Waals surface area contributed by atoms with E-state index in [1.807, 2.05) is 6.08 Å². The Morgan fingerprint density at radius 1 is 0.333 bits per heavy atom. The molecule has 0 spiro atoms. The lowest BCUT2D eigenvalue weighted by Gasteiger charge is -2.20. The molecule has 0 aromatic rings. The van der Waals surface area contributed by atoms with E-state index in [4.69, 9.17) is 4.74 Å². The molecule has 0 aliphatic carbocycles. The Morgan fingerprint density at radius 3 is 0.840 bits per heavy atom. The number of esters is 1. The maximum Gasteiger partial charge on any atom is 0.305 e. The molecule has 0 rings (SSSR count). The molecule has 1 amide bonds. The highest BCUT2D eigenvalue weighted by Crippen LogP contribution is 2.20. The Morgan fingerprint density at radius 2 is 0.568 bits per heavy atom. The van der Waals surface area contributed by atoms with Gasteiger partial charge in [0.25, 0.3) is 0 Å². The Hall–Kier alpha value is -1.40. The van der Waals surface area contributed by atoms with Crippen LogP contribution in [-0.2, 0) is 14.3 Å². The molecule has 81 heavy (non-hydrogen) atoms. The van der Waals surface area contributed by atoms with E-state index in [1.54, 1.807) is 6.08 Å². The van der Waals surface area contributed by atoms with Gasteiger partial charge in [-0.15, -0.1) is 0 Å². The van der Waals surface area contributed by atoms with E-state index >= 15 is 0 Å². The van der Waals surface area contributed by atoms with Crippen molar-refractivity contribution in [3.8, 4) is 0 Å². The summed E-state index contributed by atoms with van der Waals surface area (Å²) in [6.07, 6.45) is 88.8. The van der Waals surface area contributed by atoms with Crippen molar-refractivity contribution in [3.63, 3.8) is 0 Å². The third kappa shape index (κ3) is 67.6. The van der Waals surface area contributed by atoms with E-state index in [0.717, 1.165) is 38.5 Å². The van der Waals surface area contributed by atoms with E-state index in [2.05, 4.69) is 19.2 Å². The number of rotatable bonds is 71. The van der Waals surface area contributed by atoms with Gasteiger partial charge in [-0.2, -0.15) is 0 Å². The van der Waals surface area contributed by atoms with Crippen LogP contribution in [0.4, 0.5) is 0 Å². The van der Waals surface area contributed by atoms with Crippen LogP contribution < -0.4 is 5.32 Å². The Bertz CT molecular complexity index is 1220. The van der Waals surface area contributed by atoms with Crippen LogP contribution in [0.3, 0.4) is 0 Å². The average Bonchev–Trinajstić information content (AvgIpc) is 3.47. The fourth-order valence-electron chi connectivity index (χ4n) is 12.1. The molecule has 2 atom stereocenters. The molecule has 0 saturated heterocycles. The summed E-state index contributed by atoms with van der Waals surface area (Å²) in [7, 11) is 0. The number of allylic oxidation sites excluding steroid dienone is 1. The topological polar surface area (TPSA) is 95.9 Å². The Labute approximate surface area is 508 Å². The second kappa shape index (κ2) is 71.1. The van der Waals surface area contributed by atoms with E-state index in [9.17, 15) is 19.8 Å². The smallest absolute Gasteiger partial charge is 0.305 e. The van der Waals surface area contributed by atoms with E-state index in [-0.39, 0.29) is 18.5 Å². The van der Waals surface area contributed by atoms with Gasteiger partial charge in [-0.05, 0) is 32.1 Å². The lowest BCUT2D eigenvalue weighted by Crippen LogP contribution is -2.45. The number of aliphatic hydroxyl groups excluding tert-OH is 2. The zero-order valence-electron chi connectivity index (χ0n) is 55.3. The molecule has 0 aliphatic rings. The Kier molecular flexibility index (Phi) is 69.9. The molecule has 0 aromatic carbocycles. The van der Waals surface area contributed by atoms with Gasteiger partial charge in [-0.1, -0.05) is 398 Å². The molecular formula is C75H147NO5. The van der Waals surface area contributed by atoms with Gasteiger partial charge in [-0.25, -0.2) is 0 Å². The minimum Gasteiger partial charge on any atom is -0.466 e. The quantitative estimate of drug-likeness (QED) is 0.0320. The lowest BCUT2D eigenvalue weighted by molar-refractivity contribution is -0.143. The van der Waals surface area contributed by atoms with Crippen LogP contribution in [0, 0.1) is 0 Å². The molecule has 482 valence electrons. The van der Waals surface area contributed by atoms with Crippen molar-refractivity contribution < 1.29 is 24.5 Å². The normalized spacial score (nSPS) is 12.5. The van der Waals surface area contributed by atoms with Gasteiger partial charge in [0, 0.05) is 12.8 Å². The summed E-state index contributed by atoms with van der Waals surface area (Å²) < 4.78 is 5.51. The summed E-state index contributed by atoms with van der Waals surface area (Å²) in [6.45, 7) is 4.96. The fraction of sp³-hybridized carbons (Fsp3) is 0.947. The maximum atomic E-state index is 12.5. The molecule has 2 unspecified atom stereocenters. The van der Waals surface area contributed by atoms with Crippen molar-refractivity contribution in [1.29, 1.82) is 0 Å². The Balaban J connectivity index is 3.38. The highest BCUT2D eigenvalue weighted by Gasteiger charge is 2.18. The molecule has 0 radical (unpaired) electrons. The van der Waals surface area contributed by atoms with Gasteiger partial charge in [0.1, 0.15) is 0 Å². The third-order valence-corrected chi connectivity index (χ3v) is 17.8. The van der Waals surface area contributed by atoms with Crippen molar-refractivity contribution >= 4 is 11.9 Å². The molecular weight excluding hydrogens is 995 g/mol. The summed E-state index contributed by atoms with van der Waals surface area (Å²) in [5.74, 6) is -0.0424. The molecule has 6 nitrogen and oxygen atoms in total. The monoisotopic (exact) mass is 1140 g/mol. The predicted octanol–water partition coefficient (Wildman–Crippen LogP) is 24.3. The van der Waals surface area contributed by atoms with Crippen LogP contribution in [-0.4, -0.2) is 47.4 Å².